The number of carbonyl (C=O) groups is 8. The molecular formula is C51H67N3O12. The van der Waals surface area contributed by atoms with Crippen LogP contribution in [0.5, 0.6) is 0 Å². The summed E-state index contributed by atoms with van der Waals surface area (Å²) in [4.78, 5) is 109. The number of hydrogen-bond acceptors (Lipinski definition) is 12. The Bertz CT molecular complexity index is 2180. The molecule has 66 heavy (non-hydrogen) atoms. The highest BCUT2D eigenvalue weighted by atomic mass is 16.5. The maximum absolute atomic E-state index is 14.0. The summed E-state index contributed by atoms with van der Waals surface area (Å²) < 4.78 is 20.8. The number of benzene rings is 2. The van der Waals surface area contributed by atoms with Crippen LogP contribution in [0, 0.1) is 35.0 Å². The van der Waals surface area contributed by atoms with Gasteiger partial charge in [-0.05, 0) is 89.9 Å². The molecule has 3 fully saturated rings. The van der Waals surface area contributed by atoms with Gasteiger partial charge < -0.3 is 34.1 Å². The maximum atomic E-state index is 14.0. The molecule has 2 aromatic carbocycles. The van der Waals surface area contributed by atoms with Gasteiger partial charge in [-0.2, -0.15) is 0 Å². The van der Waals surface area contributed by atoms with E-state index in [1.807, 2.05) is 45.9 Å². The Hall–Kier alpha value is -5.60. The van der Waals surface area contributed by atoms with Crippen molar-refractivity contribution in [2.75, 3.05) is 40.5 Å². The normalized spacial score (nSPS) is 21.8. The average molecular weight is 914 g/mol. The lowest BCUT2D eigenvalue weighted by molar-refractivity contribution is -0.155. The van der Waals surface area contributed by atoms with Gasteiger partial charge in [-0.3, -0.25) is 24.0 Å². The number of ether oxygens (including phenoxy) is 4. The third-order valence-electron chi connectivity index (χ3n) is 14.2. The minimum Gasteiger partial charge on any atom is -0.469 e. The lowest BCUT2D eigenvalue weighted by Crippen LogP contribution is -2.54. The van der Waals surface area contributed by atoms with Crippen molar-refractivity contribution in [2.24, 2.45) is 35.0 Å². The van der Waals surface area contributed by atoms with Gasteiger partial charge >= 0.3 is 24.0 Å². The molecule has 2 aliphatic carbocycles. The smallest absolute Gasteiger partial charge is 0.407 e. The van der Waals surface area contributed by atoms with Gasteiger partial charge in [0.2, 0.25) is 17.6 Å². The zero-order valence-electron chi connectivity index (χ0n) is 39.8. The highest BCUT2D eigenvalue weighted by Gasteiger charge is 2.45. The topological polar surface area (TPSA) is 192 Å². The molecule has 358 valence electrons. The number of rotatable bonds is 16. The predicted molar refractivity (Wildman–Crippen MR) is 243 cm³/mol. The molecule has 6 atom stereocenters. The van der Waals surface area contributed by atoms with Gasteiger partial charge in [0.1, 0.15) is 18.1 Å². The standard InChI is InChI=1S/C51H67N3O12/c1-29(2)37(22-44(57)63-7)46(58)53-25-31(5)20-40(53)48(60)66-28-43(56)36-17-16-35(38-23-51(24-39(36)38)18-10-9-11-19-51)33-12-14-34(15-13-33)42(55)27-65-49(61)41-21-32(6)26-54(41)47(59)45(30(3)4)52-50(62)64-8/h12-17,29-32,37,40-41,45H,9-11,18-28H2,1-8H3,(H,52,62)/t31-,32-,37-,40-,41-,45-/m0/s1. The van der Waals surface area contributed by atoms with Crippen LogP contribution in [0.2, 0.25) is 0 Å². The number of ketones is 2. The van der Waals surface area contributed by atoms with Crippen molar-refractivity contribution in [3.05, 3.63) is 58.7 Å². The molecule has 3 amide bonds. The molecule has 6 rings (SSSR count). The molecule has 15 nitrogen and oxygen atoms in total. The van der Waals surface area contributed by atoms with Crippen LogP contribution in [0.1, 0.15) is 125 Å². The fraction of sp³-hybridized carbons (Fsp3) is 0.608. The summed E-state index contributed by atoms with van der Waals surface area (Å²) in [5.74, 6) is -4.34. The molecular weight excluding hydrogens is 847 g/mol. The Balaban J connectivity index is 1.14. The summed E-state index contributed by atoms with van der Waals surface area (Å²) in [5, 5.41) is 2.56. The number of esters is 3. The van der Waals surface area contributed by atoms with Crippen LogP contribution in [0.25, 0.3) is 11.1 Å². The number of carbonyl (C=O) groups excluding carboxylic acids is 8. The van der Waals surface area contributed by atoms with Crippen molar-refractivity contribution in [1.82, 2.24) is 15.1 Å². The largest absolute Gasteiger partial charge is 0.469 e. The van der Waals surface area contributed by atoms with E-state index < -0.39 is 72.9 Å². The van der Waals surface area contributed by atoms with Crippen molar-refractivity contribution >= 4 is 47.4 Å². The monoisotopic (exact) mass is 913 g/mol. The molecule has 2 aliphatic heterocycles. The van der Waals surface area contributed by atoms with Crippen LogP contribution in [0.15, 0.2) is 36.4 Å². The third-order valence-corrected chi connectivity index (χ3v) is 14.2. The first-order valence-corrected chi connectivity index (χ1v) is 23.5. The number of hydrogen-bond donors (Lipinski definition) is 1. The van der Waals surface area contributed by atoms with Gasteiger partial charge in [-0.25, -0.2) is 14.4 Å². The Morgan fingerprint density at radius 3 is 1.79 bits per heavy atom. The summed E-state index contributed by atoms with van der Waals surface area (Å²) in [6.07, 6.45) is 6.91. The Morgan fingerprint density at radius 2 is 1.24 bits per heavy atom. The molecule has 0 bridgehead atoms. The number of likely N-dealkylation sites (tertiary alicyclic amines) is 2. The second-order valence-corrected chi connectivity index (χ2v) is 19.9. The van der Waals surface area contributed by atoms with E-state index >= 15 is 0 Å². The van der Waals surface area contributed by atoms with Crippen LogP contribution in [-0.4, -0.2) is 116 Å². The molecule has 1 N–H and O–H groups in total. The Labute approximate surface area is 388 Å². The first-order chi connectivity index (χ1) is 31.4. The number of amides is 3. The lowest BCUT2D eigenvalue weighted by Gasteiger charge is -2.33. The first kappa shape index (κ1) is 49.8. The quantitative estimate of drug-likeness (QED) is 0.109. The number of alkyl carbamates (subject to hydrolysis) is 1. The predicted octanol–water partition coefficient (Wildman–Crippen LogP) is 6.54. The van der Waals surface area contributed by atoms with Crippen LogP contribution >= 0.6 is 0 Å². The highest BCUT2D eigenvalue weighted by Crippen LogP contribution is 2.50. The molecule has 0 aromatic heterocycles. The van der Waals surface area contributed by atoms with Crippen LogP contribution in [-0.2, 0) is 55.8 Å². The lowest BCUT2D eigenvalue weighted by atomic mass is 9.72. The summed E-state index contributed by atoms with van der Waals surface area (Å²) in [6, 6.07) is 8.13. The van der Waals surface area contributed by atoms with E-state index in [1.165, 1.54) is 30.4 Å². The number of nitrogens with zero attached hydrogens (tertiary/aromatic N) is 2. The zero-order chi connectivity index (χ0) is 48.0. The van der Waals surface area contributed by atoms with Crippen molar-refractivity contribution in [3.63, 3.8) is 0 Å². The Kier molecular flexibility index (Phi) is 16.1. The van der Waals surface area contributed by atoms with E-state index in [-0.39, 0.29) is 47.2 Å². The van der Waals surface area contributed by atoms with E-state index in [4.69, 9.17) is 18.9 Å². The molecule has 1 saturated carbocycles. The average Bonchev–Trinajstić information content (AvgIpc) is 4.01. The van der Waals surface area contributed by atoms with Crippen molar-refractivity contribution in [3.8, 4) is 11.1 Å². The summed E-state index contributed by atoms with van der Waals surface area (Å²) in [6.45, 7) is 10.8. The van der Waals surface area contributed by atoms with Crippen molar-refractivity contribution in [2.45, 2.75) is 124 Å². The fourth-order valence-electron chi connectivity index (χ4n) is 10.5. The molecule has 1 spiro atoms. The van der Waals surface area contributed by atoms with Crippen LogP contribution < -0.4 is 5.32 Å². The van der Waals surface area contributed by atoms with Crippen LogP contribution in [0.4, 0.5) is 4.79 Å². The second kappa shape index (κ2) is 21.4. The van der Waals surface area contributed by atoms with Gasteiger partial charge in [0, 0.05) is 24.2 Å². The minimum absolute atomic E-state index is 0.000191. The summed E-state index contributed by atoms with van der Waals surface area (Å²) in [7, 11) is 2.49. The molecule has 2 heterocycles. The third kappa shape index (κ3) is 11.1. The van der Waals surface area contributed by atoms with Crippen LogP contribution in [0.3, 0.4) is 0 Å². The van der Waals surface area contributed by atoms with E-state index in [0.717, 1.165) is 60.8 Å². The van der Waals surface area contributed by atoms with E-state index in [0.29, 0.717) is 37.1 Å². The van der Waals surface area contributed by atoms with E-state index in [1.54, 1.807) is 32.0 Å². The molecule has 2 aromatic rings. The Morgan fingerprint density at radius 1 is 0.682 bits per heavy atom. The van der Waals surface area contributed by atoms with Gasteiger partial charge in [0.25, 0.3) is 0 Å². The molecule has 2 saturated heterocycles. The van der Waals surface area contributed by atoms with Gasteiger partial charge in [-0.15, -0.1) is 0 Å². The molecule has 4 aliphatic rings. The minimum atomic E-state index is -0.906. The number of methoxy groups -OCH3 is 2. The second-order valence-electron chi connectivity index (χ2n) is 19.9. The SMILES string of the molecule is COC(=O)C[C@H](C(=O)N1C[C@@H](C)C[C@H]1C(=O)OCC(=O)c1ccc(-c2ccc(C(=O)COC(=O)[C@@H]3C[C@H](C)CN3C(=O)[C@@H](NC(=O)OC)C(C)C)cc2)c2c1CC1(CCCCC1)C2)C(C)C. The van der Waals surface area contributed by atoms with Crippen molar-refractivity contribution < 1.29 is 57.3 Å². The van der Waals surface area contributed by atoms with Gasteiger partial charge in [-0.1, -0.05) is 97.2 Å². The number of fused-ring (bicyclic) bond motifs is 1. The summed E-state index contributed by atoms with van der Waals surface area (Å²) >= 11 is 0. The van der Waals surface area contributed by atoms with E-state index in [9.17, 15) is 38.4 Å². The fourth-order valence-corrected chi connectivity index (χ4v) is 10.5. The maximum Gasteiger partial charge on any atom is 0.407 e. The van der Waals surface area contributed by atoms with Gasteiger partial charge in [0.15, 0.2) is 19.0 Å². The zero-order valence-corrected chi connectivity index (χ0v) is 39.8. The number of nitrogens with one attached hydrogen (secondary N) is 1. The first-order valence-electron chi connectivity index (χ1n) is 23.5. The van der Waals surface area contributed by atoms with E-state index in [2.05, 4.69) is 5.32 Å². The van der Waals surface area contributed by atoms with Gasteiger partial charge in [0.05, 0.1) is 26.6 Å². The molecule has 0 radical (unpaired) electrons. The molecule has 0 unspecified atom stereocenters. The number of Topliss-reactive ketones (excluding diaryl/α,β-unsaturated/α-hetero) is 2. The summed E-state index contributed by atoms with van der Waals surface area (Å²) in [5.41, 5.74) is 4.71. The molecule has 15 heteroatoms. The van der Waals surface area contributed by atoms with Crippen molar-refractivity contribution in [1.29, 1.82) is 0 Å². The highest BCUT2D eigenvalue weighted by molar-refractivity contribution is 6.02.